The minimum atomic E-state index is 0.0137. The number of anilines is 1. The third-order valence-electron chi connectivity index (χ3n) is 4.42. The van der Waals surface area contributed by atoms with Crippen molar-refractivity contribution in [1.82, 2.24) is 0 Å². The Morgan fingerprint density at radius 2 is 2.00 bits per heavy atom. The molecule has 0 aliphatic heterocycles. The van der Waals surface area contributed by atoms with Crippen molar-refractivity contribution in [3.05, 3.63) is 27.8 Å². The highest BCUT2D eigenvalue weighted by Crippen LogP contribution is 2.47. The second-order valence-corrected chi connectivity index (χ2v) is 6.57. The minimum Gasteiger partial charge on any atom is -0.327 e. The van der Waals surface area contributed by atoms with Gasteiger partial charge in [-0.1, -0.05) is 12.1 Å². The molecule has 0 spiro atoms. The number of carbonyl (C=O) groups is 1. The molecule has 1 aromatic rings. The molecule has 4 atom stereocenters. The molecule has 2 bridgehead atoms. The average Bonchev–Trinajstić information content (AvgIpc) is 2.92. The van der Waals surface area contributed by atoms with Crippen LogP contribution in [0.1, 0.15) is 19.3 Å². The van der Waals surface area contributed by atoms with E-state index in [2.05, 4.69) is 27.9 Å². The number of hydrogen-bond donors (Lipinski definition) is 2. The second-order valence-electron chi connectivity index (χ2n) is 5.41. The molecular formula is C14H17IN2O. The van der Waals surface area contributed by atoms with Gasteiger partial charge in [-0.15, -0.1) is 0 Å². The largest absolute Gasteiger partial charge is 0.327 e. The zero-order chi connectivity index (χ0) is 12.7. The molecule has 2 saturated carbocycles. The Kier molecular flexibility index (Phi) is 3.32. The van der Waals surface area contributed by atoms with Gasteiger partial charge in [0.2, 0.25) is 5.91 Å². The number of benzene rings is 1. The maximum absolute atomic E-state index is 12.4. The van der Waals surface area contributed by atoms with Crippen LogP contribution in [0.4, 0.5) is 5.69 Å². The van der Waals surface area contributed by atoms with Gasteiger partial charge >= 0.3 is 0 Å². The van der Waals surface area contributed by atoms with E-state index in [-0.39, 0.29) is 17.9 Å². The van der Waals surface area contributed by atoms with Crippen LogP contribution in [0.15, 0.2) is 24.3 Å². The van der Waals surface area contributed by atoms with Gasteiger partial charge in [-0.05, 0) is 65.8 Å². The predicted octanol–water partition coefficient (Wildman–Crippen LogP) is 2.60. The second kappa shape index (κ2) is 4.81. The lowest BCUT2D eigenvalue weighted by Crippen LogP contribution is -2.42. The number of hydrogen-bond acceptors (Lipinski definition) is 2. The number of para-hydroxylation sites is 1. The van der Waals surface area contributed by atoms with E-state index in [1.54, 1.807) is 0 Å². The molecule has 1 aromatic carbocycles. The van der Waals surface area contributed by atoms with Gasteiger partial charge in [0.15, 0.2) is 0 Å². The maximum atomic E-state index is 12.4. The Bertz CT molecular complexity index is 475. The van der Waals surface area contributed by atoms with E-state index in [1.807, 2.05) is 24.3 Å². The van der Waals surface area contributed by atoms with Crippen molar-refractivity contribution >= 4 is 34.2 Å². The van der Waals surface area contributed by atoms with Crippen LogP contribution in [0.3, 0.4) is 0 Å². The third kappa shape index (κ3) is 2.05. The molecule has 3 N–H and O–H groups in total. The molecule has 0 heterocycles. The summed E-state index contributed by atoms with van der Waals surface area (Å²) in [5.74, 6) is 1.20. The van der Waals surface area contributed by atoms with Gasteiger partial charge in [-0.25, -0.2) is 0 Å². The van der Waals surface area contributed by atoms with Gasteiger partial charge in [-0.2, -0.15) is 0 Å². The SMILES string of the molecule is NC1C2CCC(C2)C1C(=O)Nc1ccccc1I. The van der Waals surface area contributed by atoms with Crippen LogP contribution in [0.25, 0.3) is 0 Å². The summed E-state index contributed by atoms with van der Waals surface area (Å²) in [6, 6.07) is 7.92. The van der Waals surface area contributed by atoms with Gasteiger partial charge in [0.1, 0.15) is 0 Å². The lowest BCUT2D eigenvalue weighted by molar-refractivity contribution is -0.121. The average molecular weight is 356 g/mol. The molecule has 0 aromatic heterocycles. The first-order chi connectivity index (χ1) is 8.66. The standard InChI is InChI=1S/C14H17IN2O/c15-10-3-1-2-4-11(10)17-14(18)12-8-5-6-9(7-8)13(12)16/h1-4,8-9,12-13H,5-7,16H2,(H,17,18). The van der Waals surface area contributed by atoms with Crippen molar-refractivity contribution in [1.29, 1.82) is 0 Å². The van der Waals surface area contributed by atoms with Gasteiger partial charge in [0.05, 0.1) is 11.6 Å². The number of carbonyl (C=O) groups excluding carboxylic acids is 1. The Labute approximate surface area is 121 Å². The Morgan fingerprint density at radius 1 is 1.28 bits per heavy atom. The molecule has 96 valence electrons. The van der Waals surface area contributed by atoms with Crippen molar-refractivity contribution in [3.8, 4) is 0 Å². The number of nitrogens with two attached hydrogens (primary N) is 1. The monoisotopic (exact) mass is 356 g/mol. The molecule has 2 aliphatic rings. The lowest BCUT2D eigenvalue weighted by Gasteiger charge is -2.27. The van der Waals surface area contributed by atoms with Gasteiger partial charge in [0, 0.05) is 9.61 Å². The van der Waals surface area contributed by atoms with Crippen LogP contribution < -0.4 is 11.1 Å². The summed E-state index contributed by atoms with van der Waals surface area (Å²) in [6.07, 6.45) is 3.52. The highest BCUT2D eigenvalue weighted by atomic mass is 127. The number of rotatable bonds is 2. The van der Waals surface area contributed by atoms with Gasteiger partial charge in [0.25, 0.3) is 0 Å². The van der Waals surface area contributed by atoms with Crippen molar-refractivity contribution in [3.63, 3.8) is 0 Å². The summed E-state index contributed by atoms with van der Waals surface area (Å²) < 4.78 is 1.07. The molecule has 2 aliphatic carbocycles. The molecule has 0 saturated heterocycles. The van der Waals surface area contributed by atoms with Crippen LogP contribution in [0.5, 0.6) is 0 Å². The zero-order valence-electron chi connectivity index (χ0n) is 10.1. The smallest absolute Gasteiger partial charge is 0.229 e. The van der Waals surface area contributed by atoms with Crippen LogP contribution >= 0.6 is 22.6 Å². The summed E-state index contributed by atoms with van der Waals surface area (Å²) >= 11 is 2.24. The van der Waals surface area contributed by atoms with Crippen molar-refractivity contribution < 1.29 is 4.79 Å². The molecule has 18 heavy (non-hydrogen) atoms. The van der Waals surface area contributed by atoms with E-state index in [1.165, 1.54) is 12.8 Å². The number of nitrogens with one attached hydrogen (secondary N) is 1. The van der Waals surface area contributed by atoms with Gasteiger partial charge in [-0.3, -0.25) is 4.79 Å². The van der Waals surface area contributed by atoms with E-state index >= 15 is 0 Å². The molecule has 4 unspecified atom stereocenters. The normalized spacial score (nSPS) is 33.7. The molecule has 3 nitrogen and oxygen atoms in total. The first-order valence-electron chi connectivity index (χ1n) is 6.48. The Balaban J connectivity index is 1.74. The molecule has 4 heteroatoms. The first-order valence-corrected chi connectivity index (χ1v) is 7.55. The zero-order valence-corrected chi connectivity index (χ0v) is 12.3. The van der Waals surface area contributed by atoms with Crippen LogP contribution in [-0.2, 0) is 4.79 Å². The molecule has 2 fully saturated rings. The van der Waals surface area contributed by atoms with E-state index in [4.69, 9.17) is 5.73 Å². The van der Waals surface area contributed by atoms with Crippen molar-refractivity contribution in [2.45, 2.75) is 25.3 Å². The summed E-state index contributed by atoms with van der Waals surface area (Å²) in [5, 5.41) is 3.04. The fourth-order valence-electron chi connectivity index (χ4n) is 3.50. The Morgan fingerprint density at radius 3 is 2.67 bits per heavy atom. The fraction of sp³-hybridized carbons (Fsp3) is 0.500. The van der Waals surface area contributed by atoms with Crippen LogP contribution in [-0.4, -0.2) is 11.9 Å². The highest BCUT2D eigenvalue weighted by molar-refractivity contribution is 14.1. The first kappa shape index (κ1) is 12.4. The summed E-state index contributed by atoms with van der Waals surface area (Å²) in [6.45, 7) is 0. The van der Waals surface area contributed by atoms with E-state index in [9.17, 15) is 4.79 Å². The molecule has 1 amide bonds. The van der Waals surface area contributed by atoms with Crippen molar-refractivity contribution in [2.75, 3.05) is 5.32 Å². The number of amides is 1. The highest BCUT2D eigenvalue weighted by Gasteiger charge is 2.49. The number of fused-ring (bicyclic) bond motifs is 2. The third-order valence-corrected chi connectivity index (χ3v) is 5.36. The molecule has 0 radical (unpaired) electrons. The van der Waals surface area contributed by atoms with E-state index < -0.39 is 0 Å². The summed E-state index contributed by atoms with van der Waals surface area (Å²) in [5.41, 5.74) is 7.10. The summed E-state index contributed by atoms with van der Waals surface area (Å²) in [4.78, 5) is 12.4. The van der Waals surface area contributed by atoms with Crippen LogP contribution in [0, 0.1) is 21.3 Å². The lowest BCUT2D eigenvalue weighted by atomic mass is 9.84. The number of halogens is 1. The molecule has 3 rings (SSSR count). The maximum Gasteiger partial charge on any atom is 0.229 e. The fourth-order valence-corrected chi connectivity index (χ4v) is 4.03. The topological polar surface area (TPSA) is 55.1 Å². The van der Waals surface area contributed by atoms with Crippen molar-refractivity contribution in [2.24, 2.45) is 23.5 Å². The quantitative estimate of drug-likeness (QED) is 0.801. The minimum absolute atomic E-state index is 0.0137. The van der Waals surface area contributed by atoms with Crippen LogP contribution in [0.2, 0.25) is 0 Å². The van der Waals surface area contributed by atoms with E-state index in [0.29, 0.717) is 11.8 Å². The summed E-state index contributed by atoms with van der Waals surface area (Å²) in [7, 11) is 0. The molecular weight excluding hydrogens is 339 g/mol. The van der Waals surface area contributed by atoms with E-state index in [0.717, 1.165) is 15.7 Å². The Hall–Kier alpha value is -0.620. The van der Waals surface area contributed by atoms with Gasteiger partial charge < -0.3 is 11.1 Å². The predicted molar refractivity (Wildman–Crippen MR) is 80.1 cm³/mol.